The first-order chi connectivity index (χ1) is 22.0. The van der Waals surface area contributed by atoms with Gasteiger partial charge in [0.15, 0.2) is 5.82 Å². The summed E-state index contributed by atoms with van der Waals surface area (Å²) in [5.74, 6) is -0.454. The topological polar surface area (TPSA) is 152 Å². The molecule has 1 saturated heterocycles. The van der Waals surface area contributed by atoms with Gasteiger partial charge in [-0.25, -0.2) is 14.8 Å². The summed E-state index contributed by atoms with van der Waals surface area (Å²) in [5.41, 5.74) is 0.171. The van der Waals surface area contributed by atoms with Crippen LogP contribution in [-0.4, -0.2) is 94.3 Å². The van der Waals surface area contributed by atoms with E-state index in [0.717, 1.165) is 31.2 Å². The molecule has 2 N–H and O–H groups in total. The van der Waals surface area contributed by atoms with Crippen LogP contribution in [0.15, 0.2) is 36.4 Å². The molecule has 2 fully saturated rings. The molecule has 2 aromatic rings. The SMILES string of the molecule is CCOC(=O)ON1CCN(C(=O)[C@H](CCC(=O)OC(C)(C)C)NC(=O)c2cc(NC3CCCCC3)nc(-c3ccccc3)n2)CC1. The van der Waals surface area contributed by atoms with Crippen LogP contribution in [0.1, 0.15) is 83.1 Å². The van der Waals surface area contributed by atoms with Crippen LogP contribution in [-0.2, 0) is 23.9 Å². The Balaban J connectivity index is 1.52. The number of piperazine rings is 1. The maximum absolute atomic E-state index is 13.8. The van der Waals surface area contributed by atoms with E-state index in [1.165, 1.54) is 11.5 Å². The fraction of sp³-hybridized carbons (Fsp3) is 0.576. The fourth-order valence-electron chi connectivity index (χ4n) is 5.42. The number of amides is 2. The van der Waals surface area contributed by atoms with E-state index in [9.17, 15) is 19.2 Å². The van der Waals surface area contributed by atoms with Crippen LogP contribution in [0.5, 0.6) is 0 Å². The molecule has 2 heterocycles. The third-order valence-electron chi connectivity index (χ3n) is 7.62. The van der Waals surface area contributed by atoms with Gasteiger partial charge >= 0.3 is 12.1 Å². The Labute approximate surface area is 270 Å². The Morgan fingerprint density at radius 3 is 2.33 bits per heavy atom. The molecule has 1 aromatic carbocycles. The molecule has 1 atom stereocenters. The Bertz CT molecular complexity index is 1340. The van der Waals surface area contributed by atoms with Crippen molar-refractivity contribution in [1.82, 2.24) is 25.2 Å². The zero-order valence-corrected chi connectivity index (χ0v) is 27.3. The standard InChI is InChI=1S/C33H46N6O7/c1-5-44-32(43)46-39-20-18-38(19-21-39)31(42)25(16-17-28(40)45-33(2,3)4)36-30(41)26-22-27(34-24-14-10-7-11-15-24)37-29(35-26)23-12-8-6-9-13-23/h6,8-9,12-13,22,24-25H,5,7,10-11,14-21H2,1-4H3,(H,36,41)(H,34,35,37)/t25-/m0/s1. The first kappa shape index (κ1) is 34.6. The molecule has 2 aliphatic rings. The average Bonchev–Trinajstić information content (AvgIpc) is 3.03. The molecule has 1 aromatic heterocycles. The van der Waals surface area contributed by atoms with Crippen molar-refractivity contribution in [1.29, 1.82) is 0 Å². The zero-order chi connectivity index (χ0) is 33.1. The lowest BCUT2D eigenvalue weighted by molar-refractivity contribution is -0.158. The average molecular weight is 639 g/mol. The Morgan fingerprint density at radius 1 is 0.978 bits per heavy atom. The van der Waals surface area contributed by atoms with Crippen LogP contribution in [0.2, 0.25) is 0 Å². The molecule has 1 aliphatic heterocycles. The Morgan fingerprint density at radius 2 is 1.67 bits per heavy atom. The molecular weight excluding hydrogens is 592 g/mol. The van der Waals surface area contributed by atoms with Crippen LogP contribution in [0.3, 0.4) is 0 Å². The van der Waals surface area contributed by atoms with Crippen LogP contribution in [0, 0.1) is 0 Å². The molecule has 0 bridgehead atoms. The van der Waals surface area contributed by atoms with E-state index in [2.05, 4.69) is 15.6 Å². The molecule has 46 heavy (non-hydrogen) atoms. The van der Waals surface area contributed by atoms with Crippen molar-refractivity contribution in [3.63, 3.8) is 0 Å². The van der Waals surface area contributed by atoms with Crippen molar-refractivity contribution in [2.24, 2.45) is 0 Å². The predicted octanol–water partition coefficient (Wildman–Crippen LogP) is 4.34. The van der Waals surface area contributed by atoms with Crippen molar-refractivity contribution < 1.29 is 33.5 Å². The smallest absolute Gasteiger partial charge is 0.460 e. The number of hydrogen-bond donors (Lipinski definition) is 2. The highest BCUT2D eigenvalue weighted by Crippen LogP contribution is 2.24. The van der Waals surface area contributed by atoms with Gasteiger partial charge in [0, 0.05) is 37.2 Å². The zero-order valence-electron chi connectivity index (χ0n) is 27.3. The lowest BCUT2D eigenvalue weighted by Crippen LogP contribution is -2.55. The van der Waals surface area contributed by atoms with Gasteiger partial charge in [0.1, 0.15) is 23.2 Å². The van der Waals surface area contributed by atoms with E-state index >= 15 is 0 Å². The minimum absolute atomic E-state index is 0.0306. The van der Waals surface area contributed by atoms with Gasteiger partial charge in [-0.05, 0) is 47.0 Å². The third kappa shape index (κ3) is 10.7. The van der Waals surface area contributed by atoms with Gasteiger partial charge in [0.2, 0.25) is 5.91 Å². The number of hydroxylamine groups is 2. The Kier molecular flexibility index (Phi) is 12.3. The molecular formula is C33H46N6O7. The highest BCUT2D eigenvalue weighted by molar-refractivity contribution is 5.97. The third-order valence-corrected chi connectivity index (χ3v) is 7.62. The van der Waals surface area contributed by atoms with Crippen molar-refractivity contribution in [3.05, 3.63) is 42.1 Å². The Hall–Kier alpha value is -4.26. The maximum atomic E-state index is 13.8. The van der Waals surface area contributed by atoms with Crippen LogP contribution in [0.25, 0.3) is 11.4 Å². The summed E-state index contributed by atoms with van der Waals surface area (Å²) < 4.78 is 10.3. The summed E-state index contributed by atoms with van der Waals surface area (Å²) in [5, 5.41) is 7.76. The number of aromatic nitrogens is 2. The number of carbonyl (C=O) groups is 4. The first-order valence-corrected chi connectivity index (χ1v) is 16.1. The van der Waals surface area contributed by atoms with Crippen molar-refractivity contribution in [3.8, 4) is 11.4 Å². The van der Waals surface area contributed by atoms with E-state index in [1.54, 1.807) is 38.7 Å². The van der Waals surface area contributed by atoms with Gasteiger partial charge in [-0.2, -0.15) is 0 Å². The summed E-state index contributed by atoms with van der Waals surface area (Å²) in [6, 6.07) is 10.2. The summed E-state index contributed by atoms with van der Waals surface area (Å²) in [4.78, 5) is 67.9. The van der Waals surface area contributed by atoms with Crippen LogP contribution >= 0.6 is 0 Å². The lowest BCUT2D eigenvalue weighted by atomic mass is 9.95. The van der Waals surface area contributed by atoms with Crippen molar-refractivity contribution >= 4 is 29.8 Å². The van der Waals surface area contributed by atoms with Crippen molar-refractivity contribution in [2.45, 2.75) is 90.3 Å². The number of nitrogens with zero attached hydrogens (tertiary/aromatic N) is 4. The fourth-order valence-corrected chi connectivity index (χ4v) is 5.42. The van der Waals surface area contributed by atoms with Crippen LogP contribution in [0.4, 0.5) is 10.6 Å². The summed E-state index contributed by atoms with van der Waals surface area (Å²) in [6.07, 6.45) is 4.66. The van der Waals surface area contributed by atoms with Crippen molar-refractivity contribution in [2.75, 3.05) is 38.1 Å². The molecule has 0 radical (unpaired) electrons. The van der Waals surface area contributed by atoms with E-state index in [-0.39, 0.29) is 63.3 Å². The van der Waals surface area contributed by atoms with Gasteiger partial charge in [0.05, 0.1) is 19.7 Å². The van der Waals surface area contributed by atoms with E-state index in [4.69, 9.17) is 19.3 Å². The number of benzene rings is 1. The maximum Gasteiger partial charge on any atom is 0.527 e. The number of hydrogen-bond acceptors (Lipinski definition) is 11. The monoisotopic (exact) mass is 638 g/mol. The summed E-state index contributed by atoms with van der Waals surface area (Å²) in [6.45, 7) is 8.20. The molecule has 2 amide bonds. The molecule has 1 saturated carbocycles. The van der Waals surface area contributed by atoms with Gasteiger partial charge in [0.25, 0.3) is 5.91 Å². The van der Waals surface area contributed by atoms with E-state index in [1.807, 2.05) is 30.3 Å². The summed E-state index contributed by atoms with van der Waals surface area (Å²) in [7, 11) is 0. The quantitative estimate of drug-likeness (QED) is 0.338. The number of carbonyl (C=O) groups excluding carboxylic acids is 4. The molecule has 4 rings (SSSR count). The highest BCUT2D eigenvalue weighted by atomic mass is 16.8. The number of rotatable bonds is 11. The predicted molar refractivity (Wildman–Crippen MR) is 171 cm³/mol. The molecule has 250 valence electrons. The number of esters is 1. The van der Waals surface area contributed by atoms with Crippen LogP contribution < -0.4 is 10.6 Å². The second-order valence-corrected chi connectivity index (χ2v) is 12.5. The second kappa shape index (κ2) is 16.3. The lowest BCUT2D eigenvalue weighted by Gasteiger charge is -2.35. The van der Waals surface area contributed by atoms with Gasteiger partial charge in [-0.1, -0.05) is 49.6 Å². The largest absolute Gasteiger partial charge is 0.527 e. The molecule has 0 unspecified atom stereocenters. The number of nitrogens with one attached hydrogen (secondary N) is 2. The van der Waals surface area contributed by atoms with Gasteiger partial charge < -0.3 is 29.8 Å². The molecule has 0 spiro atoms. The first-order valence-electron chi connectivity index (χ1n) is 16.1. The number of ether oxygens (including phenoxy) is 2. The van der Waals surface area contributed by atoms with Gasteiger partial charge in [-0.3, -0.25) is 14.4 Å². The molecule has 13 heteroatoms. The summed E-state index contributed by atoms with van der Waals surface area (Å²) >= 11 is 0. The van der Waals surface area contributed by atoms with E-state index < -0.39 is 29.7 Å². The minimum atomic E-state index is -1.03. The minimum Gasteiger partial charge on any atom is -0.460 e. The second-order valence-electron chi connectivity index (χ2n) is 12.5. The highest BCUT2D eigenvalue weighted by Gasteiger charge is 2.32. The molecule has 13 nitrogen and oxygen atoms in total. The normalized spacial score (nSPS) is 16.7. The van der Waals surface area contributed by atoms with E-state index in [0.29, 0.717) is 11.6 Å². The number of anilines is 1. The van der Waals surface area contributed by atoms with Gasteiger partial charge in [-0.15, -0.1) is 5.06 Å². The molecule has 1 aliphatic carbocycles.